The van der Waals surface area contributed by atoms with Crippen LogP contribution in [-0.4, -0.2) is 23.1 Å². The van der Waals surface area contributed by atoms with E-state index in [1.165, 1.54) is 45.2 Å². The van der Waals surface area contributed by atoms with E-state index in [9.17, 15) is 4.79 Å². The molecule has 1 aromatic carbocycles. The first-order valence-corrected chi connectivity index (χ1v) is 11.0. The first-order valence-electron chi connectivity index (χ1n) is 10.2. The molecule has 2 fully saturated rings. The number of hydrogen-bond donors (Lipinski definition) is 2. The van der Waals surface area contributed by atoms with Crippen molar-refractivity contribution in [2.45, 2.75) is 38.6 Å². The van der Waals surface area contributed by atoms with Gasteiger partial charge in [-0.1, -0.05) is 43.2 Å². The molecule has 3 atom stereocenters. The van der Waals surface area contributed by atoms with Crippen LogP contribution in [-0.2, 0) is 6.54 Å². The number of rotatable bonds is 3. The molecule has 1 aliphatic carbocycles. The zero-order valence-corrected chi connectivity index (χ0v) is 16.4. The molecule has 1 saturated heterocycles. The van der Waals surface area contributed by atoms with Gasteiger partial charge in [0.05, 0.1) is 18.5 Å². The van der Waals surface area contributed by atoms with E-state index in [0.717, 1.165) is 39.5 Å². The Morgan fingerprint density at radius 1 is 1.11 bits per heavy atom. The molecule has 5 heteroatoms. The van der Waals surface area contributed by atoms with Gasteiger partial charge in [0.15, 0.2) is 5.82 Å². The standard InChI is InChI=1S/C22H25N3OS/c26-21-18-12-19(16-7-2-1-3-8-16)27-22(18)24-20(23-21)14-25-11-10-15-6-4-5-9-17(15)13-25/h1-3,7-8,12,15,17H,4-6,9-11,13-14H2,(H,23,24,26)/p+1/t15-,17-/m1/s1. The highest BCUT2D eigenvalue weighted by atomic mass is 32.1. The Bertz CT molecular complexity index is 994. The number of likely N-dealkylation sites (tertiary alicyclic amines) is 1. The van der Waals surface area contributed by atoms with Crippen molar-refractivity contribution in [1.29, 1.82) is 0 Å². The van der Waals surface area contributed by atoms with Crippen LogP contribution < -0.4 is 10.5 Å². The highest BCUT2D eigenvalue weighted by molar-refractivity contribution is 7.21. The maximum absolute atomic E-state index is 12.6. The van der Waals surface area contributed by atoms with Gasteiger partial charge < -0.3 is 9.88 Å². The third kappa shape index (κ3) is 3.46. The Morgan fingerprint density at radius 2 is 1.93 bits per heavy atom. The molecule has 1 aliphatic heterocycles. The topological polar surface area (TPSA) is 50.2 Å². The number of aromatic nitrogens is 2. The summed E-state index contributed by atoms with van der Waals surface area (Å²) in [7, 11) is 0. The maximum Gasteiger partial charge on any atom is 0.259 e. The second-order valence-corrected chi connectivity index (χ2v) is 9.21. The number of nitrogens with zero attached hydrogens (tertiary/aromatic N) is 1. The fourth-order valence-corrected chi connectivity index (χ4v) is 6.05. The molecule has 0 amide bonds. The van der Waals surface area contributed by atoms with Crippen molar-refractivity contribution in [3.8, 4) is 10.4 Å². The zero-order chi connectivity index (χ0) is 18.2. The van der Waals surface area contributed by atoms with E-state index < -0.39 is 0 Å². The van der Waals surface area contributed by atoms with Crippen LogP contribution in [0, 0.1) is 11.8 Å². The Labute approximate surface area is 163 Å². The maximum atomic E-state index is 12.6. The zero-order valence-electron chi connectivity index (χ0n) is 15.5. The monoisotopic (exact) mass is 380 g/mol. The molecule has 0 bridgehead atoms. The summed E-state index contributed by atoms with van der Waals surface area (Å²) in [4.78, 5) is 24.0. The Hall–Kier alpha value is -1.98. The van der Waals surface area contributed by atoms with Crippen molar-refractivity contribution in [3.05, 3.63) is 52.6 Å². The van der Waals surface area contributed by atoms with Crippen LogP contribution in [0.3, 0.4) is 0 Å². The van der Waals surface area contributed by atoms with Gasteiger partial charge in [0.25, 0.3) is 5.56 Å². The van der Waals surface area contributed by atoms with Gasteiger partial charge in [0, 0.05) is 10.8 Å². The van der Waals surface area contributed by atoms with Gasteiger partial charge in [-0.05, 0) is 36.8 Å². The second kappa shape index (κ2) is 7.21. The number of piperidine rings is 1. The average Bonchev–Trinajstić information content (AvgIpc) is 3.13. The van der Waals surface area contributed by atoms with E-state index in [1.54, 1.807) is 16.2 Å². The minimum absolute atomic E-state index is 0.000355. The SMILES string of the molecule is O=c1[nH]c(C[NH+]2CC[C@H]3CCCC[C@@H]3C2)nc2sc(-c3ccccc3)cc12. The van der Waals surface area contributed by atoms with Gasteiger partial charge in [-0.25, -0.2) is 4.98 Å². The number of nitrogens with one attached hydrogen (secondary N) is 2. The number of fused-ring (bicyclic) bond motifs is 2. The summed E-state index contributed by atoms with van der Waals surface area (Å²) in [6, 6.07) is 12.2. The molecule has 3 aromatic rings. The van der Waals surface area contributed by atoms with E-state index >= 15 is 0 Å². The predicted octanol–water partition coefficient (Wildman–Crippen LogP) is 3.25. The lowest BCUT2D eigenvalue weighted by molar-refractivity contribution is -0.924. The summed E-state index contributed by atoms with van der Waals surface area (Å²) in [5, 5.41) is 0.712. The quantitative estimate of drug-likeness (QED) is 0.733. The molecule has 2 aromatic heterocycles. The number of quaternary nitrogens is 1. The number of benzene rings is 1. The molecule has 1 unspecified atom stereocenters. The summed E-state index contributed by atoms with van der Waals surface area (Å²) in [6.45, 7) is 3.29. The van der Waals surface area contributed by atoms with Gasteiger partial charge in [-0.2, -0.15) is 0 Å². The third-order valence-electron chi connectivity index (χ3n) is 6.41. The molecule has 0 radical (unpaired) electrons. The number of aromatic amines is 1. The van der Waals surface area contributed by atoms with Crippen molar-refractivity contribution in [3.63, 3.8) is 0 Å². The van der Waals surface area contributed by atoms with Crippen molar-refractivity contribution in [1.82, 2.24) is 9.97 Å². The van der Waals surface area contributed by atoms with Crippen molar-refractivity contribution in [2.24, 2.45) is 11.8 Å². The number of thiophene rings is 1. The fourth-order valence-electron chi connectivity index (χ4n) is 5.00. The summed E-state index contributed by atoms with van der Waals surface area (Å²) < 4.78 is 0. The molecule has 4 nitrogen and oxygen atoms in total. The molecule has 2 N–H and O–H groups in total. The van der Waals surface area contributed by atoms with Crippen LogP contribution in [0.25, 0.3) is 20.7 Å². The minimum Gasteiger partial charge on any atom is -0.328 e. The van der Waals surface area contributed by atoms with E-state index in [0.29, 0.717) is 5.39 Å². The van der Waals surface area contributed by atoms with E-state index in [4.69, 9.17) is 4.98 Å². The largest absolute Gasteiger partial charge is 0.328 e. The average molecular weight is 381 g/mol. The van der Waals surface area contributed by atoms with Gasteiger partial charge in [-0.3, -0.25) is 4.79 Å². The van der Waals surface area contributed by atoms with Gasteiger partial charge in [0.2, 0.25) is 0 Å². The number of H-pyrrole nitrogens is 1. The third-order valence-corrected chi connectivity index (χ3v) is 7.49. The summed E-state index contributed by atoms with van der Waals surface area (Å²) in [6.07, 6.45) is 6.97. The normalized spacial score (nSPS) is 25.4. The van der Waals surface area contributed by atoms with Crippen molar-refractivity contribution < 1.29 is 4.90 Å². The van der Waals surface area contributed by atoms with Crippen LogP contribution in [0.4, 0.5) is 0 Å². The summed E-state index contributed by atoms with van der Waals surface area (Å²) in [5.74, 6) is 2.67. The molecular formula is C22H26N3OS+. The first-order chi connectivity index (χ1) is 13.3. The molecular weight excluding hydrogens is 354 g/mol. The molecule has 1 saturated carbocycles. The lowest BCUT2D eigenvalue weighted by atomic mass is 9.75. The summed E-state index contributed by atoms with van der Waals surface area (Å²) in [5.41, 5.74) is 1.15. The van der Waals surface area contributed by atoms with Gasteiger partial charge in [0.1, 0.15) is 11.4 Å². The molecule has 140 valence electrons. The molecule has 3 heterocycles. The minimum atomic E-state index is 0.000355. The van der Waals surface area contributed by atoms with Crippen LogP contribution in [0.2, 0.25) is 0 Å². The second-order valence-electron chi connectivity index (χ2n) is 8.18. The van der Waals surface area contributed by atoms with Crippen molar-refractivity contribution in [2.75, 3.05) is 13.1 Å². The number of hydrogen-bond acceptors (Lipinski definition) is 3. The Kier molecular flexibility index (Phi) is 4.58. The highest BCUT2D eigenvalue weighted by Gasteiger charge is 2.33. The molecule has 0 spiro atoms. The van der Waals surface area contributed by atoms with E-state index in [2.05, 4.69) is 17.1 Å². The van der Waals surface area contributed by atoms with E-state index in [1.807, 2.05) is 24.3 Å². The highest BCUT2D eigenvalue weighted by Crippen LogP contribution is 2.33. The van der Waals surface area contributed by atoms with Crippen molar-refractivity contribution >= 4 is 21.6 Å². The lowest BCUT2D eigenvalue weighted by Gasteiger charge is -2.38. The summed E-state index contributed by atoms with van der Waals surface area (Å²) >= 11 is 1.62. The van der Waals surface area contributed by atoms with Gasteiger partial charge >= 0.3 is 0 Å². The molecule has 5 rings (SSSR count). The lowest BCUT2D eigenvalue weighted by Crippen LogP contribution is -3.12. The Balaban J connectivity index is 1.39. The smallest absolute Gasteiger partial charge is 0.259 e. The van der Waals surface area contributed by atoms with Crippen LogP contribution in [0.15, 0.2) is 41.2 Å². The predicted molar refractivity (Wildman–Crippen MR) is 110 cm³/mol. The molecule has 27 heavy (non-hydrogen) atoms. The van der Waals surface area contributed by atoms with Crippen LogP contribution in [0.5, 0.6) is 0 Å². The first kappa shape index (κ1) is 17.1. The van der Waals surface area contributed by atoms with Gasteiger partial charge in [-0.15, -0.1) is 11.3 Å². The Morgan fingerprint density at radius 3 is 2.78 bits per heavy atom. The van der Waals surface area contributed by atoms with Crippen LogP contribution in [0.1, 0.15) is 37.9 Å². The van der Waals surface area contributed by atoms with E-state index in [-0.39, 0.29) is 5.56 Å². The fraction of sp³-hybridized carbons (Fsp3) is 0.455. The van der Waals surface area contributed by atoms with Crippen LogP contribution >= 0.6 is 11.3 Å². The molecule has 2 aliphatic rings.